The zero-order valence-electron chi connectivity index (χ0n) is 31.2. The molecular weight excluding hydrogens is 999 g/mol. The summed E-state index contributed by atoms with van der Waals surface area (Å²) >= 11 is 0. The SMILES string of the molecule is CNc1ccc2c(OC)c(N=Nc3cc(S(=O)(=O)CCOS(=O)(=O)O)cc(S(=O)(=O)O)c3O)c(S(=O)(=O)O)cc2c1N=Nc1ccc(S(=O)(=O)CCOS(=O)(=O)O)cc1S(=O)(=O)O. The number of fused-ring (bicyclic) bond motifs is 1. The second kappa shape index (κ2) is 18.3. The van der Waals surface area contributed by atoms with Gasteiger partial charge in [-0.25, -0.2) is 25.2 Å². The van der Waals surface area contributed by atoms with Gasteiger partial charge in [-0.2, -0.15) is 42.1 Å². The van der Waals surface area contributed by atoms with Crippen LogP contribution in [-0.4, -0.2) is 126 Å². The molecular formula is C28H29N5O23S7. The minimum absolute atomic E-state index is 0.00177. The monoisotopic (exact) mass is 1030 g/mol. The van der Waals surface area contributed by atoms with E-state index in [4.69, 9.17) is 13.8 Å². The Balaban J connectivity index is 1.95. The zero-order chi connectivity index (χ0) is 47.7. The molecule has 4 rings (SSSR count). The third-order valence-electron chi connectivity index (χ3n) is 7.85. The molecule has 0 unspecified atom stereocenters. The number of nitrogens with zero attached hydrogens (tertiary/aromatic N) is 4. The maximum atomic E-state index is 12.9. The van der Waals surface area contributed by atoms with Crippen molar-refractivity contribution in [1.29, 1.82) is 0 Å². The molecule has 0 bridgehead atoms. The van der Waals surface area contributed by atoms with E-state index < -0.39 is 149 Å². The van der Waals surface area contributed by atoms with Crippen molar-refractivity contribution in [2.75, 3.05) is 44.2 Å². The molecule has 28 nitrogen and oxygen atoms in total. The normalized spacial score (nSPS) is 13.6. The number of anilines is 1. The van der Waals surface area contributed by atoms with Crippen LogP contribution in [0.25, 0.3) is 10.8 Å². The Hall–Kier alpha value is -4.89. The summed E-state index contributed by atoms with van der Waals surface area (Å²) in [5.74, 6) is -4.39. The van der Waals surface area contributed by atoms with Gasteiger partial charge >= 0.3 is 20.8 Å². The Morgan fingerprint density at radius 3 is 1.52 bits per heavy atom. The maximum absolute atomic E-state index is 12.9. The van der Waals surface area contributed by atoms with E-state index in [-0.39, 0.29) is 28.2 Å². The first kappa shape index (κ1) is 50.8. The van der Waals surface area contributed by atoms with Gasteiger partial charge in [0.25, 0.3) is 30.4 Å². The van der Waals surface area contributed by atoms with Crippen LogP contribution in [0, 0.1) is 0 Å². The van der Waals surface area contributed by atoms with Crippen LogP contribution in [0.2, 0.25) is 0 Å². The summed E-state index contributed by atoms with van der Waals surface area (Å²) in [5.41, 5.74) is -3.10. The number of methoxy groups -OCH3 is 1. The number of phenols is 1. The van der Waals surface area contributed by atoms with Gasteiger partial charge in [0.1, 0.15) is 37.4 Å². The Bertz CT molecular complexity index is 3380. The van der Waals surface area contributed by atoms with E-state index >= 15 is 0 Å². The van der Waals surface area contributed by atoms with E-state index in [2.05, 4.69) is 34.1 Å². The molecule has 0 aliphatic rings. The molecule has 0 aliphatic carbocycles. The lowest BCUT2D eigenvalue weighted by atomic mass is 10.0. The Labute approximate surface area is 357 Å². The van der Waals surface area contributed by atoms with Gasteiger partial charge in [0.15, 0.2) is 31.2 Å². The summed E-state index contributed by atoms with van der Waals surface area (Å²) in [7, 11) is -33.5. The van der Waals surface area contributed by atoms with Crippen LogP contribution in [0.4, 0.5) is 28.4 Å². The van der Waals surface area contributed by atoms with Crippen LogP contribution in [0.5, 0.6) is 11.5 Å². The van der Waals surface area contributed by atoms with E-state index in [9.17, 15) is 77.7 Å². The molecule has 4 aromatic carbocycles. The predicted molar refractivity (Wildman–Crippen MR) is 211 cm³/mol. The second-order valence-corrected chi connectivity index (χ2v) is 22.5. The van der Waals surface area contributed by atoms with Crippen LogP contribution in [-0.2, 0) is 79.2 Å². The largest absolute Gasteiger partial charge is 0.504 e. The van der Waals surface area contributed by atoms with Gasteiger partial charge in [-0.3, -0.25) is 22.8 Å². The highest BCUT2D eigenvalue weighted by Gasteiger charge is 2.29. The number of phenolic OH excluding ortho intramolecular Hbond substituents is 1. The molecule has 7 N–H and O–H groups in total. The highest BCUT2D eigenvalue weighted by Crippen LogP contribution is 2.48. The zero-order valence-corrected chi connectivity index (χ0v) is 36.9. The number of aromatic hydroxyl groups is 1. The lowest BCUT2D eigenvalue weighted by molar-refractivity contribution is 0.282. The van der Waals surface area contributed by atoms with Crippen molar-refractivity contribution in [3.8, 4) is 11.5 Å². The highest BCUT2D eigenvalue weighted by atomic mass is 32.3. The fraction of sp³-hybridized carbons (Fsp3) is 0.214. The van der Waals surface area contributed by atoms with Gasteiger partial charge in [-0.1, -0.05) is 0 Å². The number of benzene rings is 4. The van der Waals surface area contributed by atoms with Crippen LogP contribution < -0.4 is 10.1 Å². The van der Waals surface area contributed by atoms with Crippen LogP contribution in [0.15, 0.2) is 93.5 Å². The van der Waals surface area contributed by atoms with E-state index in [0.29, 0.717) is 18.2 Å². The summed E-state index contributed by atoms with van der Waals surface area (Å²) in [5, 5.41) is 27.8. The molecule has 0 aliphatic heterocycles. The number of nitrogens with one attached hydrogen (secondary N) is 1. The van der Waals surface area contributed by atoms with E-state index in [0.717, 1.165) is 19.2 Å². The summed E-state index contributed by atoms with van der Waals surface area (Å²) in [4.78, 5) is -5.67. The molecule has 0 spiro atoms. The standard InChI is InChI=1S/C28H29N5O23S7/c1-29-20-6-4-17-18(25(20)32-30-19-5-3-15(12-22(19)59(39,40)41)57(35,36)9-7-55-62(48,49)50)14-23(60(42,43)44)26(28(17)54-2)33-31-21-11-16(13-24(27(21)34)61(45,46)47)58(37,38)10-8-56-63(51,52)53/h3-6,11-14,29,34H,7-10H2,1-2H3,(H,39,40,41)(H,42,43,44)(H,45,46,47)(H,48,49,50)(H,51,52,53). The third-order valence-corrected chi connectivity index (χ3v) is 14.7. The van der Waals surface area contributed by atoms with E-state index in [1.54, 1.807) is 0 Å². The van der Waals surface area contributed by atoms with Gasteiger partial charge in [-0.15, -0.1) is 20.5 Å². The first-order valence-electron chi connectivity index (χ1n) is 16.0. The first-order valence-corrected chi connectivity index (χ1v) is 26.4. The molecule has 0 heterocycles. The average Bonchev–Trinajstić information content (AvgIpc) is 3.13. The van der Waals surface area contributed by atoms with Crippen molar-refractivity contribution in [3.63, 3.8) is 0 Å². The Morgan fingerprint density at radius 2 is 1.03 bits per heavy atom. The molecule has 0 amide bonds. The number of ether oxygens (including phenoxy) is 1. The third kappa shape index (κ3) is 12.6. The lowest BCUT2D eigenvalue weighted by Crippen LogP contribution is -2.16. The molecule has 0 saturated heterocycles. The summed E-state index contributed by atoms with van der Waals surface area (Å²) in [6.07, 6.45) is 0. The van der Waals surface area contributed by atoms with Crippen LogP contribution in [0.3, 0.4) is 0 Å². The molecule has 346 valence electrons. The molecule has 0 aromatic heterocycles. The first-order chi connectivity index (χ1) is 28.7. The van der Waals surface area contributed by atoms with Crippen molar-refractivity contribution in [2.45, 2.75) is 24.5 Å². The highest BCUT2D eigenvalue weighted by molar-refractivity contribution is 7.92. The number of rotatable bonds is 19. The minimum Gasteiger partial charge on any atom is -0.504 e. The fourth-order valence-electron chi connectivity index (χ4n) is 5.14. The van der Waals surface area contributed by atoms with Crippen LogP contribution in [0.1, 0.15) is 0 Å². The number of sulfone groups is 2. The number of hydrogen-bond donors (Lipinski definition) is 7. The summed E-state index contributed by atoms with van der Waals surface area (Å²) < 4.78 is 230. The molecule has 0 radical (unpaired) electrons. The van der Waals surface area contributed by atoms with Crippen molar-refractivity contribution in [3.05, 3.63) is 48.5 Å². The van der Waals surface area contributed by atoms with Crippen molar-refractivity contribution in [1.82, 2.24) is 0 Å². The predicted octanol–water partition coefficient (Wildman–Crippen LogP) is 2.35. The molecule has 0 fully saturated rings. The Kier molecular flexibility index (Phi) is 14.7. The van der Waals surface area contributed by atoms with Gasteiger partial charge in [0, 0.05) is 17.8 Å². The molecule has 0 atom stereocenters. The Morgan fingerprint density at radius 1 is 0.540 bits per heavy atom. The molecule has 63 heavy (non-hydrogen) atoms. The van der Waals surface area contributed by atoms with Gasteiger partial charge in [0.2, 0.25) is 0 Å². The second-order valence-electron chi connectivity index (χ2n) is 11.9. The van der Waals surface area contributed by atoms with Crippen molar-refractivity contribution in [2.24, 2.45) is 20.5 Å². The summed E-state index contributed by atoms with van der Waals surface area (Å²) in [6.45, 7) is -2.30. The minimum atomic E-state index is -5.48. The van der Waals surface area contributed by atoms with E-state index in [1.165, 1.54) is 19.2 Å². The average molecular weight is 1030 g/mol. The van der Waals surface area contributed by atoms with E-state index in [1.807, 2.05) is 0 Å². The fourth-order valence-corrected chi connectivity index (χ4v) is 10.2. The summed E-state index contributed by atoms with van der Waals surface area (Å²) in [6, 6.07) is 5.88. The van der Waals surface area contributed by atoms with Gasteiger partial charge in [-0.05, 0) is 48.5 Å². The molecule has 0 saturated carbocycles. The van der Waals surface area contributed by atoms with Crippen molar-refractivity contribution < 1.29 is 99.9 Å². The number of hydrogen-bond acceptors (Lipinski definition) is 23. The quantitative estimate of drug-likeness (QED) is 0.0523. The number of azo groups is 2. The maximum Gasteiger partial charge on any atom is 0.397 e. The topological polar surface area (TPSA) is 450 Å². The van der Waals surface area contributed by atoms with Gasteiger partial charge < -0.3 is 15.2 Å². The smallest absolute Gasteiger partial charge is 0.397 e. The molecule has 35 heteroatoms. The van der Waals surface area contributed by atoms with Crippen LogP contribution >= 0.6 is 0 Å². The lowest BCUT2D eigenvalue weighted by Gasteiger charge is -2.15. The van der Waals surface area contributed by atoms with Crippen molar-refractivity contribution >= 4 is 110 Å². The molecule has 4 aromatic rings. The van der Waals surface area contributed by atoms with Gasteiger partial charge in [0.05, 0.1) is 47.3 Å².